The fourth-order valence-corrected chi connectivity index (χ4v) is 2.24. The summed E-state index contributed by atoms with van der Waals surface area (Å²) in [4.78, 5) is 0.568. The molecule has 2 aromatic carbocycles. The van der Waals surface area contributed by atoms with Gasteiger partial charge in [-0.05, 0) is 42.2 Å². The summed E-state index contributed by atoms with van der Waals surface area (Å²) >= 11 is 5.04. The topological polar surface area (TPSA) is 35.2 Å². The van der Waals surface area contributed by atoms with Crippen LogP contribution in [0.5, 0.6) is 5.75 Å². The number of hydrogen-bond donors (Lipinski definition) is 1. The Morgan fingerprint density at radius 3 is 2.52 bits per heavy atom. The molecule has 1 unspecified atom stereocenters. The van der Waals surface area contributed by atoms with Crippen LogP contribution in [-0.2, 0) is 13.0 Å². The zero-order valence-corrected chi connectivity index (χ0v) is 13.3. The maximum absolute atomic E-state index is 5.83. The molecule has 0 aliphatic rings. The zero-order valence-electron chi connectivity index (χ0n) is 12.5. The van der Waals surface area contributed by atoms with E-state index < -0.39 is 0 Å². The van der Waals surface area contributed by atoms with Gasteiger partial charge in [0.1, 0.15) is 12.4 Å². The van der Waals surface area contributed by atoms with E-state index >= 15 is 0 Å². The van der Waals surface area contributed by atoms with Crippen LogP contribution in [0, 0.1) is 12.8 Å². The highest BCUT2D eigenvalue weighted by Gasteiger charge is 2.09. The molecular formula is C18H21NOS. The van der Waals surface area contributed by atoms with Crippen LogP contribution in [0.3, 0.4) is 0 Å². The summed E-state index contributed by atoms with van der Waals surface area (Å²) in [5.74, 6) is 1.11. The average molecular weight is 299 g/mol. The highest BCUT2D eigenvalue weighted by atomic mass is 32.1. The van der Waals surface area contributed by atoms with Crippen LogP contribution in [-0.4, -0.2) is 4.99 Å². The summed E-state index contributed by atoms with van der Waals surface area (Å²) in [7, 11) is 0. The SMILES string of the molecule is Cc1cc(OCc2ccccc2)ccc1CC(C)C(N)=S. The lowest BCUT2D eigenvalue weighted by Gasteiger charge is -2.13. The van der Waals surface area contributed by atoms with Gasteiger partial charge in [-0.1, -0.05) is 55.5 Å². The summed E-state index contributed by atoms with van der Waals surface area (Å²) in [6, 6.07) is 16.3. The van der Waals surface area contributed by atoms with E-state index in [4.69, 9.17) is 22.7 Å². The molecule has 0 amide bonds. The number of aryl methyl sites for hydroxylation is 1. The predicted octanol–water partition coefficient (Wildman–Crippen LogP) is 4.04. The molecule has 2 N–H and O–H groups in total. The highest BCUT2D eigenvalue weighted by molar-refractivity contribution is 7.80. The van der Waals surface area contributed by atoms with Gasteiger partial charge in [0.2, 0.25) is 0 Å². The van der Waals surface area contributed by atoms with Crippen molar-refractivity contribution in [2.75, 3.05) is 0 Å². The van der Waals surface area contributed by atoms with E-state index in [0.717, 1.165) is 12.2 Å². The van der Waals surface area contributed by atoms with Crippen molar-refractivity contribution < 1.29 is 4.74 Å². The fourth-order valence-electron chi connectivity index (χ4n) is 2.16. The Labute approximate surface area is 131 Å². The maximum atomic E-state index is 5.83. The zero-order chi connectivity index (χ0) is 15.2. The minimum Gasteiger partial charge on any atom is -0.489 e. The molecule has 2 nitrogen and oxygen atoms in total. The van der Waals surface area contributed by atoms with Crippen LogP contribution in [0.15, 0.2) is 48.5 Å². The molecule has 0 aromatic heterocycles. The molecule has 0 saturated heterocycles. The Bertz CT molecular complexity index is 610. The summed E-state index contributed by atoms with van der Waals surface area (Å²) in [5, 5.41) is 0. The van der Waals surface area contributed by atoms with Crippen LogP contribution < -0.4 is 10.5 Å². The van der Waals surface area contributed by atoms with Crippen molar-refractivity contribution in [3.8, 4) is 5.75 Å². The summed E-state index contributed by atoms with van der Waals surface area (Å²) in [5.41, 5.74) is 9.33. The largest absolute Gasteiger partial charge is 0.489 e. The van der Waals surface area contributed by atoms with Crippen LogP contribution in [0.4, 0.5) is 0 Å². The molecular weight excluding hydrogens is 278 g/mol. The van der Waals surface area contributed by atoms with Crippen molar-refractivity contribution in [2.24, 2.45) is 11.7 Å². The molecule has 0 saturated carbocycles. The molecule has 0 aliphatic carbocycles. The van der Waals surface area contributed by atoms with Crippen molar-refractivity contribution in [3.63, 3.8) is 0 Å². The predicted molar refractivity (Wildman–Crippen MR) is 91.6 cm³/mol. The molecule has 0 bridgehead atoms. The van der Waals surface area contributed by atoms with Crippen LogP contribution in [0.25, 0.3) is 0 Å². The number of ether oxygens (including phenoxy) is 1. The quantitative estimate of drug-likeness (QED) is 0.818. The maximum Gasteiger partial charge on any atom is 0.120 e. The lowest BCUT2D eigenvalue weighted by molar-refractivity contribution is 0.306. The van der Waals surface area contributed by atoms with Crippen molar-refractivity contribution in [1.29, 1.82) is 0 Å². The molecule has 0 spiro atoms. The monoisotopic (exact) mass is 299 g/mol. The second kappa shape index (κ2) is 7.23. The molecule has 1 atom stereocenters. The molecule has 110 valence electrons. The third-order valence-electron chi connectivity index (χ3n) is 3.57. The van der Waals surface area contributed by atoms with E-state index in [-0.39, 0.29) is 5.92 Å². The van der Waals surface area contributed by atoms with Gasteiger partial charge in [0, 0.05) is 5.92 Å². The van der Waals surface area contributed by atoms with Gasteiger partial charge in [-0.15, -0.1) is 0 Å². The molecule has 0 radical (unpaired) electrons. The number of benzene rings is 2. The highest BCUT2D eigenvalue weighted by Crippen LogP contribution is 2.21. The fraction of sp³-hybridized carbons (Fsp3) is 0.278. The standard InChI is InChI=1S/C18H21NOS/c1-13-11-17(20-12-15-6-4-3-5-7-15)9-8-16(13)10-14(2)18(19)21/h3-9,11,14H,10,12H2,1-2H3,(H2,19,21). The molecule has 2 rings (SSSR count). The van der Waals surface area contributed by atoms with E-state index in [9.17, 15) is 0 Å². The normalized spacial score (nSPS) is 11.9. The minimum atomic E-state index is 0.217. The molecule has 3 heteroatoms. The molecule has 0 fully saturated rings. The second-order valence-corrected chi connectivity index (χ2v) is 5.84. The Hall–Kier alpha value is -1.87. The van der Waals surface area contributed by atoms with Gasteiger partial charge in [-0.2, -0.15) is 0 Å². The Kier molecular flexibility index (Phi) is 5.34. The molecule has 0 heterocycles. The summed E-state index contributed by atoms with van der Waals surface area (Å²) in [6.45, 7) is 4.74. The first-order chi connectivity index (χ1) is 10.1. The Morgan fingerprint density at radius 2 is 1.90 bits per heavy atom. The third kappa shape index (κ3) is 4.57. The summed E-state index contributed by atoms with van der Waals surface area (Å²) < 4.78 is 5.83. The number of hydrogen-bond acceptors (Lipinski definition) is 2. The van der Waals surface area contributed by atoms with Gasteiger partial charge in [0.25, 0.3) is 0 Å². The van der Waals surface area contributed by atoms with Crippen LogP contribution >= 0.6 is 12.2 Å². The lowest BCUT2D eigenvalue weighted by Crippen LogP contribution is -2.20. The number of thiocarbonyl (C=S) groups is 1. The van der Waals surface area contributed by atoms with Crippen LogP contribution in [0.1, 0.15) is 23.6 Å². The number of nitrogens with two attached hydrogens (primary N) is 1. The van der Waals surface area contributed by atoms with Gasteiger partial charge in [0.15, 0.2) is 0 Å². The smallest absolute Gasteiger partial charge is 0.120 e. The first-order valence-electron chi connectivity index (χ1n) is 7.12. The first kappa shape index (κ1) is 15.5. The van der Waals surface area contributed by atoms with Crippen molar-refractivity contribution >= 4 is 17.2 Å². The van der Waals surface area contributed by atoms with E-state index in [0.29, 0.717) is 11.6 Å². The van der Waals surface area contributed by atoms with Gasteiger partial charge in [0.05, 0.1) is 4.99 Å². The van der Waals surface area contributed by atoms with Gasteiger partial charge < -0.3 is 10.5 Å². The summed E-state index contributed by atoms with van der Waals surface area (Å²) in [6.07, 6.45) is 0.875. The third-order valence-corrected chi connectivity index (χ3v) is 3.98. The molecule has 21 heavy (non-hydrogen) atoms. The van der Waals surface area contributed by atoms with Crippen molar-refractivity contribution in [1.82, 2.24) is 0 Å². The molecule has 0 aliphatic heterocycles. The first-order valence-corrected chi connectivity index (χ1v) is 7.52. The lowest BCUT2D eigenvalue weighted by atomic mass is 9.97. The number of rotatable bonds is 6. The van der Waals surface area contributed by atoms with Gasteiger partial charge in [-0.25, -0.2) is 0 Å². The average Bonchev–Trinajstić information content (AvgIpc) is 2.48. The van der Waals surface area contributed by atoms with E-state index in [1.54, 1.807) is 0 Å². The Balaban J connectivity index is 2.00. The van der Waals surface area contributed by atoms with E-state index in [1.165, 1.54) is 16.7 Å². The van der Waals surface area contributed by atoms with Gasteiger partial charge in [-0.3, -0.25) is 0 Å². The van der Waals surface area contributed by atoms with Gasteiger partial charge >= 0.3 is 0 Å². The second-order valence-electron chi connectivity index (χ2n) is 5.37. The van der Waals surface area contributed by atoms with Crippen molar-refractivity contribution in [2.45, 2.75) is 26.9 Å². The van der Waals surface area contributed by atoms with E-state index in [2.05, 4.69) is 38.1 Å². The Morgan fingerprint density at radius 1 is 1.19 bits per heavy atom. The van der Waals surface area contributed by atoms with Crippen LogP contribution in [0.2, 0.25) is 0 Å². The minimum absolute atomic E-state index is 0.217. The van der Waals surface area contributed by atoms with Crippen molar-refractivity contribution in [3.05, 3.63) is 65.2 Å². The van der Waals surface area contributed by atoms with E-state index in [1.807, 2.05) is 24.3 Å². The molecule has 2 aromatic rings.